The van der Waals surface area contributed by atoms with Crippen molar-refractivity contribution in [2.45, 2.75) is 185 Å². The highest BCUT2D eigenvalue weighted by Gasteiger charge is 2.22. The molecule has 0 spiro atoms. The van der Waals surface area contributed by atoms with Gasteiger partial charge in [0.2, 0.25) is 0 Å². The van der Waals surface area contributed by atoms with E-state index < -0.39 is 30.2 Å². The number of hydrogen-bond donors (Lipinski definition) is 8. The number of nitrogens with zero attached hydrogens (tertiary/aromatic N) is 18. The molecule has 140 heavy (non-hydrogen) atoms. The van der Waals surface area contributed by atoms with Gasteiger partial charge in [-0.3, -0.25) is 86.9 Å². The van der Waals surface area contributed by atoms with Crippen LogP contribution in [0.2, 0.25) is 12.0 Å². The number of ether oxygens (including phenoxy) is 2. The van der Waals surface area contributed by atoms with E-state index in [0.29, 0.717) is 62.8 Å². The monoisotopic (exact) mass is 2070 g/mol. The van der Waals surface area contributed by atoms with Gasteiger partial charge < -0.3 is 51.4 Å². The summed E-state index contributed by atoms with van der Waals surface area (Å²) < 4.78 is 40.1. The number of hydrogen-bond acceptors (Lipinski definition) is 36. The Kier molecular flexibility index (Phi) is 58.3. The maximum absolute atomic E-state index is 12.0. The lowest BCUT2D eigenvalue weighted by Crippen LogP contribution is -2.16. The van der Waals surface area contributed by atoms with Gasteiger partial charge in [0.25, 0.3) is 11.5 Å². The molecule has 0 amide bonds. The highest BCUT2D eigenvalue weighted by atomic mass is 36.0. The first-order valence-electron chi connectivity index (χ1n) is 40.9. The first-order chi connectivity index (χ1) is 64.4. The van der Waals surface area contributed by atoms with Crippen LogP contribution in [0.3, 0.4) is 0 Å². The molecule has 13 heterocycles. The molecule has 13 aromatic heterocycles. The van der Waals surface area contributed by atoms with Crippen LogP contribution in [0.5, 0.6) is 0 Å². The third kappa shape index (κ3) is 50.5. The van der Waals surface area contributed by atoms with Gasteiger partial charge >= 0.3 is 24.3 Å². The number of aromatic amines is 2. The number of aryl methyl sites for hydroxylation is 8. The number of Topliss-reactive ketones (excluding diaryl/α,β-unsaturated/α-hetero) is 12. The Morgan fingerprint density at radius 2 is 0.807 bits per heavy atom. The average Bonchev–Trinajstić information content (AvgIpc) is 1.71. The van der Waals surface area contributed by atoms with Gasteiger partial charge in [0.15, 0.2) is 51.4 Å². The second-order valence-corrected chi connectivity index (χ2v) is 36.2. The van der Waals surface area contributed by atoms with Gasteiger partial charge in [-0.15, -0.1) is 11.6 Å². The molecule has 758 valence electrons. The molecule has 0 unspecified atom stereocenters. The Labute approximate surface area is 826 Å². The number of carboxylic acid groups (broad SMARTS) is 1. The van der Waals surface area contributed by atoms with Crippen molar-refractivity contribution in [2.75, 3.05) is 31.4 Å². The van der Waals surface area contributed by atoms with Gasteiger partial charge in [-0.05, 0) is 195 Å². The molecule has 0 bridgehead atoms. The summed E-state index contributed by atoms with van der Waals surface area (Å²) in [7, 11) is -1.17. The number of halogens is 6. The number of esters is 2. The van der Waals surface area contributed by atoms with Crippen LogP contribution >= 0.6 is 62.1 Å². The lowest BCUT2D eigenvalue weighted by atomic mass is 9.99. The smallest absolute Gasteiger partial charge is 0.448 e. The summed E-state index contributed by atoms with van der Waals surface area (Å²) in [6.45, 7) is 38.8. The zero-order valence-electron chi connectivity index (χ0n) is 81.3. The summed E-state index contributed by atoms with van der Waals surface area (Å²) in [4.78, 5) is 197. The summed E-state index contributed by atoms with van der Waals surface area (Å²) in [5, 5.41) is 57.9. The number of fused-ring (bicyclic) bond motifs is 5. The van der Waals surface area contributed by atoms with Crippen molar-refractivity contribution in [3.63, 3.8) is 0 Å². The fourth-order valence-electron chi connectivity index (χ4n) is 9.97. The molecule has 0 aliphatic rings. The van der Waals surface area contributed by atoms with Crippen LogP contribution in [0.15, 0.2) is 96.6 Å². The number of nitrogens with one attached hydrogen (secondary N) is 2. The van der Waals surface area contributed by atoms with E-state index in [1.165, 1.54) is 123 Å². The molecule has 0 fully saturated rings. The number of pyridine rings is 1. The number of carbonyl (C=O) groups is 15. The molecule has 0 atom stereocenters. The average molecular weight is 2070 g/mol. The SMILES string of the molecule is CB(O)O.CC(=O)CC(=O)c1cc2c(C)nc(C)cn2n1.CC(=O)CC(=O)c1cc2c(C)nc(C)cn2n1.CC(=O)CCl.CC(=O)O.CC(=O)c1cc2c(=O)[nH]c(C)cn2n1.CC(=O)c1cc2c(C)nc(C)cn2n1.CC(=O)c1cc2c(Cl)nc(C)cn2n1.CC(C)=O.CCO.CCOC(=O)c1cc(C(C)=O)n[nH]1.CCOC(=O)c1cc(C(C)=O)nn1CC(C)=O.N.Nc1ccc(F)cn1.O=P(Cl)(Cl)Cl. The Bertz CT molecular complexity index is 6340. The third-order valence-corrected chi connectivity index (χ3v) is 15.9. The molecule has 0 radical (unpaired) electrons. The molecular weight excluding hydrogens is 1960 g/mol. The van der Waals surface area contributed by atoms with E-state index >= 15 is 0 Å². The second-order valence-electron chi connectivity index (χ2n) is 28.9. The largest absolute Gasteiger partial charge is 0.481 e. The minimum absolute atomic E-state index is 0. The van der Waals surface area contributed by atoms with Crippen LogP contribution in [0.4, 0.5) is 10.2 Å². The van der Waals surface area contributed by atoms with Crippen molar-refractivity contribution in [2.24, 2.45) is 0 Å². The Balaban J connectivity index is 0. The summed E-state index contributed by atoms with van der Waals surface area (Å²) in [6.07, 6.45) is 9.60. The van der Waals surface area contributed by atoms with Crippen LogP contribution in [0.25, 0.3) is 27.6 Å². The highest BCUT2D eigenvalue weighted by molar-refractivity contribution is 8.24. The van der Waals surface area contributed by atoms with Crippen molar-refractivity contribution >= 4 is 190 Å². The van der Waals surface area contributed by atoms with E-state index in [4.69, 9.17) is 63.5 Å². The second kappa shape index (κ2) is 63.7. The molecule has 0 saturated carbocycles. The lowest BCUT2D eigenvalue weighted by molar-refractivity contribution is -0.134. The fourth-order valence-corrected chi connectivity index (χ4v) is 10.2. The minimum atomic E-state index is -3.22. The number of aliphatic hydroxyl groups is 1. The molecule has 53 heteroatoms. The van der Waals surface area contributed by atoms with Crippen molar-refractivity contribution in [1.29, 1.82) is 0 Å². The zero-order chi connectivity index (χ0) is 107. The van der Waals surface area contributed by atoms with Crippen LogP contribution < -0.4 is 17.4 Å². The van der Waals surface area contributed by atoms with Crippen LogP contribution in [-0.4, -0.2) is 238 Å². The molecule has 0 aliphatic heterocycles. The third-order valence-electron chi connectivity index (χ3n) is 15.2. The quantitative estimate of drug-likeness (QED) is 0.00987. The van der Waals surface area contributed by atoms with Crippen LogP contribution in [0.1, 0.15) is 257 Å². The minimum Gasteiger partial charge on any atom is -0.481 e. The zero-order valence-corrected chi connectivity index (χ0v) is 86.0. The van der Waals surface area contributed by atoms with Gasteiger partial charge in [-0.25, -0.2) is 51.2 Å². The number of nitrogens with two attached hydrogens (primary N) is 1. The van der Waals surface area contributed by atoms with E-state index in [1.54, 1.807) is 94.8 Å². The van der Waals surface area contributed by atoms with Crippen molar-refractivity contribution in [3.05, 3.63) is 210 Å². The van der Waals surface area contributed by atoms with Crippen molar-refractivity contribution < 1.29 is 111 Å². The number of rotatable bonds is 18. The highest BCUT2D eigenvalue weighted by Crippen LogP contribution is 2.61. The number of aliphatic hydroxyl groups excluding tert-OH is 1. The van der Waals surface area contributed by atoms with Crippen molar-refractivity contribution in [3.8, 4) is 0 Å². The first kappa shape index (κ1) is 128. The number of H-pyrrole nitrogens is 2. The van der Waals surface area contributed by atoms with Gasteiger partial charge in [-0.1, -0.05) is 11.6 Å². The van der Waals surface area contributed by atoms with Gasteiger partial charge in [0.05, 0.1) is 119 Å². The van der Waals surface area contributed by atoms with Crippen LogP contribution in [-0.2, 0) is 49.4 Å². The Morgan fingerprint density at radius 3 is 1.12 bits per heavy atom. The van der Waals surface area contributed by atoms with E-state index in [1.807, 2.05) is 54.7 Å². The number of aromatic nitrogens is 20. The molecule has 0 aliphatic carbocycles. The first-order valence-corrected chi connectivity index (χ1v) is 46.2. The van der Waals surface area contributed by atoms with Gasteiger partial charge in [0, 0.05) is 78.2 Å². The molecule has 13 aromatic rings. The summed E-state index contributed by atoms with van der Waals surface area (Å²) in [5.41, 5.74) is 17.5. The lowest BCUT2D eigenvalue weighted by Gasteiger charge is -2.04. The van der Waals surface area contributed by atoms with Crippen LogP contribution in [0, 0.1) is 61.2 Å². The van der Waals surface area contributed by atoms with E-state index in [-0.39, 0.29) is 148 Å². The predicted molar refractivity (Wildman–Crippen MR) is 522 cm³/mol. The maximum Gasteiger partial charge on any atom is 0.448 e. The van der Waals surface area contributed by atoms with Gasteiger partial charge in [0.1, 0.15) is 104 Å². The number of anilines is 1. The predicted octanol–water partition coefficient (Wildman–Crippen LogP) is 13.0. The maximum atomic E-state index is 12.0. The molecule has 13 rings (SSSR count). The topological polar surface area (TPSA) is 664 Å². The summed E-state index contributed by atoms with van der Waals surface area (Å²) in [6, 6.07) is 13.6. The van der Waals surface area contributed by atoms with E-state index in [9.17, 15) is 80.9 Å². The summed E-state index contributed by atoms with van der Waals surface area (Å²) in [5.74, 6) is -3.29. The molecule has 11 N–H and O–H groups in total. The Morgan fingerprint density at radius 1 is 0.493 bits per heavy atom. The van der Waals surface area contributed by atoms with Crippen molar-refractivity contribution in [1.82, 2.24) is 104 Å². The molecular formula is C87H112BCl5FN22O23P. The van der Waals surface area contributed by atoms with E-state index in [0.717, 1.165) is 69.5 Å². The number of alkyl halides is 1. The summed E-state index contributed by atoms with van der Waals surface area (Å²) >= 11 is 24.7. The number of ketones is 12. The number of nitrogen functional groups attached to an aromatic ring is 1. The van der Waals surface area contributed by atoms with Gasteiger partial charge in [-0.2, -0.15) is 35.7 Å². The van der Waals surface area contributed by atoms with E-state index in [2.05, 4.69) is 104 Å². The number of aliphatic carboxylic acids is 1. The standard InChI is InChI=1S/2C12H13N3O2.C11H14N2O4.C10H11N3O.C9H8ClN3O.C9H9N3O2.C8H10N2O3.C5H5FN2.C3H5ClO.C3H6O.C2H4O2.C2H6O.CH5BO2.Cl3OP.H3N/c2*1-7-6-15-11(9(3)13-7)5-10(14-15)12(17)4-8(2)16;1-4-17-11(16)10-5-9(8(3)15)12-13(10)6-7(2)14;1-6-5-13-10(7(2)11-6)4-9(12-13)8(3)14;1-5-4-13-8(9(10)11-5)3-7(12-13)6(2)14;1-5-4-12-8(9(14)10-5)3-7(11-12)6(2)13;1-3-13-8(12)7-4-6(5(2)11)9-10-7;6-4-1-2-5(7)8-3-4;1-3(5)2-4;1-3(2)4;1-2(3)4;1-2-3;1-2(3)4;1-5(2,3)4;/h2*5-6H,4H2,1-3H3;5H,4,6H2,1-3H3;4-5H,1-3H3;3-4H,1-2H3;3-4H,1-2H3,(H,10,14);4H,3H2,1-2H3,(H,9,10);1-3H,(H2,7,8);2H2,1H3;1-2H3;1H3,(H,3,4);3H,2H2,1H3;3-4H,1H3;;1H3. The number of carboxylic acids is 1. The molecule has 0 saturated heterocycles. The number of carbonyl (C=O) groups excluding carboxylic acids is 14. The normalized spacial score (nSPS) is 9.86. The molecule has 0 aromatic carbocycles. The fraction of sp³-hybridized carbons (Fsp3) is 0.356. The Hall–Kier alpha value is -13.8. The molecule has 45 nitrogen and oxygen atoms in total.